The van der Waals surface area contributed by atoms with Crippen molar-refractivity contribution in [2.75, 3.05) is 14.2 Å². The molecule has 2 aromatic carbocycles. The molecule has 1 heterocycles. The molecule has 0 aliphatic rings. The number of rotatable bonds is 11. The second-order valence-electron chi connectivity index (χ2n) is 7.67. The van der Waals surface area contributed by atoms with Crippen LogP contribution in [0.25, 0.3) is 11.1 Å². The maximum Gasteiger partial charge on any atom is 0.336 e. The second kappa shape index (κ2) is 10.5. The lowest BCUT2D eigenvalue weighted by atomic mass is 9.98. The van der Waals surface area contributed by atoms with Crippen LogP contribution in [0.15, 0.2) is 48.5 Å². The number of hydrogen-bond acceptors (Lipinski definition) is 5. The molecule has 0 amide bonds. The molecule has 1 aromatic heterocycles. The fraction of sp³-hybridized carbons (Fsp3) is 0.400. The van der Waals surface area contributed by atoms with E-state index in [4.69, 9.17) is 19.6 Å². The standard InChI is InChI=1S/C25H31N3O4/c1-5-7-16-28-22(26-24(27-28)25(6-2,31-3)32-4)17-18-12-14-19(15-13-18)20-10-8-9-11-21(20)23(29)30/h8-15H,5-7,16-17H2,1-4H3,(H,29,30). The van der Waals surface area contributed by atoms with E-state index in [1.807, 2.05) is 48.0 Å². The molecule has 3 rings (SSSR count). The minimum Gasteiger partial charge on any atom is -0.478 e. The van der Waals surface area contributed by atoms with Crippen molar-refractivity contribution >= 4 is 5.97 Å². The molecule has 7 heteroatoms. The van der Waals surface area contributed by atoms with Gasteiger partial charge in [-0.2, -0.15) is 5.10 Å². The molecule has 0 saturated heterocycles. The van der Waals surface area contributed by atoms with Gasteiger partial charge < -0.3 is 14.6 Å². The first-order valence-electron chi connectivity index (χ1n) is 10.9. The topological polar surface area (TPSA) is 86.5 Å². The molecule has 0 bridgehead atoms. The van der Waals surface area contributed by atoms with E-state index in [-0.39, 0.29) is 0 Å². The van der Waals surface area contributed by atoms with Crippen molar-refractivity contribution in [2.24, 2.45) is 0 Å². The highest BCUT2D eigenvalue weighted by molar-refractivity contribution is 5.95. The number of aryl methyl sites for hydroxylation is 1. The summed E-state index contributed by atoms with van der Waals surface area (Å²) in [6, 6.07) is 14.9. The van der Waals surface area contributed by atoms with Crippen LogP contribution in [-0.4, -0.2) is 40.1 Å². The number of unbranched alkanes of at least 4 members (excludes halogenated alkanes) is 1. The van der Waals surface area contributed by atoms with Crippen LogP contribution in [-0.2, 0) is 28.2 Å². The van der Waals surface area contributed by atoms with Gasteiger partial charge in [-0.25, -0.2) is 14.5 Å². The second-order valence-corrected chi connectivity index (χ2v) is 7.67. The Kier molecular flexibility index (Phi) is 7.77. The van der Waals surface area contributed by atoms with Gasteiger partial charge in [0.05, 0.1) is 5.56 Å². The van der Waals surface area contributed by atoms with Crippen LogP contribution < -0.4 is 0 Å². The average molecular weight is 438 g/mol. The third-order valence-electron chi connectivity index (χ3n) is 5.72. The highest BCUT2D eigenvalue weighted by atomic mass is 16.7. The number of hydrogen-bond donors (Lipinski definition) is 1. The van der Waals surface area contributed by atoms with Crippen LogP contribution in [0.2, 0.25) is 0 Å². The van der Waals surface area contributed by atoms with E-state index in [2.05, 4.69) is 6.92 Å². The number of ether oxygens (including phenoxy) is 2. The van der Waals surface area contributed by atoms with E-state index >= 15 is 0 Å². The lowest BCUT2D eigenvalue weighted by Gasteiger charge is -2.26. The van der Waals surface area contributed by atoms with E-state index in [1.54, 1.807) is 26.4 Å². The summed E-state index contributed by atoms with van der Waals surface area (Å²) >= 11 is 0. The lowest BCUT2D eigenvalue weighted by Crippen LogP contribution is -2.31. The Balaban J connectivity index is 1.90. The number of carboxylic acids is 1. The molecule has 0 radical (unpaired) electrons. The van der Waals surface area contributed by atoms with Crippen molar-refractivity contribution < 1.29 is 19.4 Å². The van der Waals surface area contributed by atoms with E-state index < -0.39 is 11.8 Å². The Morgan fingerprint density at radius 1 is 1.06 bits per heavy atom. The summed E-state index contributed by atoms with van der Waals surface area (Å²) in [6.45, 7) is 4.90. The number of benzene rings is 2. The average Bonchev–Trinajstić information content (AvgIpc) is 3.22. The van der Waals surface area contributed by atoms with Crippen molar-refractivity contribution in [3.8, 4) is 11.1 Å². The van der Waals surface area contributed by atoms with Crippen LogP contribution in [0, 0.1) is 0 Å². The molecule has 0 fully saturated rings. The number of carbonyl (C=O) groups is 1. The first kappa shape index (κ1) is 23.6. The summed E-state index contributed by atoms with van der Waals surface area (Å²) in [7, 11) is 3.21. The molecule has 1 N–H and O–H groups in total. The SMILES string of the molecule is CCCCn1nc(C(CC)(OC)OC)nc1Cc1ccc(-c2ccccc2C(=O)O)cc1. The van der Waals surface area contributed by atoms with Gasteiger partial charge in [-0.3, -0.25) is 0 Å². The lowest BCUT2D eigenvalue weighted by molar-refractivity contribution is -0.222. The van der Waals surface area contributed by atoms with Crippen LogP contribution in [0.1, 0.15) is 60.7 Å². The van der Waals surface area contributed by atoms with Gasteiger partial charge >= 0.3 is 5.97 Å². The Morgan fingerprint density at radius 2 is 1.75 bits per heavy atom. The largest absolute Gasteiger partial charge is 0.478 e. The highest BCUT2D eigenvalue weighted by Gasteiger charge is 2.35. The third kappa shape index (κ3) is 4.89. The highest BCUT2D eigenvalue weighted by Crippen LogP contribution is 2.28. The monoisotopic (exact) mass is 437 g/mol. The van der Waals surface area contributed by atoms with Crippen molar-refractivity contribution in [3.63, 3.8) is 0 Å². The van der Waals surface area contributed by atoms with Gasteiger partial charge in [0.25, 0.3) is 0 Å². The Bertz CT molecular complexity index is 1030. The molecule has 0 atom stereocenters. The molecule has 0 aliphatic carbocycles. The predicted octanol–water partition coefficient (Wildman–Crippen LogP) is 4.89. The van der Waals surface area contributed by atoms with Gasteiger partial charge in [0, 0.05) is 33.6 Å². The zero-order valence-corrected chi connectivity index (χ0v) is 19.2. The molecule has 0 saturated carbocycles. The first-order valence-corrected chi connectivity index (χ1v) is 10.9. The normalized spacial score (nSPS) is 11.6. The van der Waals surface area contributed by atoms with Gasteiger partial charge in [0.15, 0.2) is 0 Å². The molecule has 3 aromatic rings. The number of aromatic carboxylic acids is 1. The van der Waals surface area contributed by atoms with E-state index in [0.717, 1.165) is 36.3 Å². The Hall–Kier alpha value is -3.03. The fourth-order valence-electron chi connectivity index (χ4n) is 3.77. The summed E-state index contributed by atoms with van der Waals surface area (Å²) in [5.74, 6) is -0.518. The van der Waals surface area contributed by atoms with Crippen molar-refractivity contribution in [2.45, 2.75) is 51.9 Å². The van der Waals surface area contributed by atoms with Gasteiger partial charge in [-0.05, 0) is 29.2 Å². The summed E-state index contributed by atoms with van der Waals surface area (Å²) in [4.78, 5) is 16.3. The van der Waals surface area contributed by atoms with E-state index in [9.17, 15) is 9.90 Å². The molecule has 7 nitrogen and oxygen atoms in total. The number of methoxy groups -OCH3 is 2. The van der Waals surface area contributed by atoms with E-state index in [1.165, 1.54) is 0 Å². The first-order chi connectivity index (χ1) is 15.5. The fourth-order valence-corrected chi connectivity index (χ4v) is 3.77. The zero-order valence-electron chi connectivity index (χ0n) is 19.2. The summed E-state index contributed by atoms with van der Waals surface area (Å²) in [6.07, 6.45) is 3.25. The molecular formula is C25H31N3O4. The van der Waals surface area contributed by atoms with Gasteiger partial charge in [-0.15, -0.1) is 0 Å². The van der Waals surface area contributed by atoms with Gasteiger partial charge in [0.1, 0.15) is 5.82 Å². The zero-order chi connectivity index (χ0) is 23.1. The molecule has 170 valence electrons. The summed E-state index contributed by atoms with van der Waals surface area (Å²) < 4.78 is 13.2. The molecule has 0 aliphatic heterocycles. The molecule has 0 unspecified atom stereocenters. The Morgan fingerprint density at radius 3 is 2.34 bits per heavy atom. The summed E-state index contributed by atoms with van der Waals surface area (Å²) in [5, 5.41) is 14.2. The van der Waals surface area contributed by atoms with Gasteiger partial charge in [0.2, 0.25) is 11.6 Å². The Labute approximate surface area is 189 Å². The maximum atomic E-state index is 11.5. The number of carboxylic acid groups (broad SMARTS) is 1. The van der Waals surface area contributed by atoms with Crippen molar-refractivity contribution in [1.29, 1.82) is 0 Å². The quantitative estimate of drug-likeness (QED) is 0.430. The number of nitrogens with zero attached hydrogens (tertiary/aromatic N) is 3. The summed E-state index contributed by atoms with van der Waals surface area (Å²) in [5.41, 5.74) is 2.92. The number of aromatic nitrogens is 3. The maximum absolute atomic E-state index is 11.5. The smallest absolute Gasteiger partial charge is 0.336 e. The minimum absolute atomic E-state index is 0.291. The molecular weight excluding hydrogens is 406 g/mol. The molecule has 32 heavy (non-hydrogen) atoms. The molecule has 0 spiro atoms. The van der Waals surface area contributed by atoms with E-state index in [0.29, 0.717) is 29.8 Å². The van der Waals surface area contributed by atoms with Crippen molar-refractivity contribution in [1.82, 2.24) is 14.8 Å². The van der Waals surface area contributed by atoms with Crippen LogP contribution >= 0.6 is 0 Å². The predicted molar refractivity (Wildman–Crippen MR) is 123 cm³/mol. The van der Waals surface area contributed by atoms with Crippen LogP contribution in [0.4, 0.5) is 0 Å². The van der Waals surface area contributed by atoms with Gasteiger partial charge in [-0.1, -0.05) is 62.7 Å². The minimum atomic E-state index is -0.962. The van der Waals surface area contributed by atoms with Crippen molar-refractivity contribution in [3.05, 3.63) is 71.3 Å². The van der Waals surface area contributed by atoms with Crippen LogP contribution in [0.5, 0.6) is 0 Å². The van der Waals surface area contributed by atoms with Crippen LogP contribution in [0.3, 0.4) is 0 Å². The third-order valence-corrected chi connectivity index (χ3v) is 5.72.